The van der Waals surface area contributed by atoms with Crippen LogP contribution in [-0.4, -0.2) is 37.7 Å². The molecule has 2 heterocycles. The molecule has 3 aliphatic rings. The third kappa shape index (κ3) is 4.78. The van der Waals surface area contributed by atoms with Crippen molar-refractivity contribution in [2.45, 2.75) is 37.6 Å². The molecule has 6 rings (SSSR count). The minimum atomic E-state index is -3.94. The molecular weight excluding hydrogens is 560 g/mol. The first kappa shape index (κ1) is 27.7. The molecule has 2 saturated heterocycles. The van der Waals surface area contributed by atoms with E-state index in [0.717, 1.165) is 16.7 Å². The van der Waals surface area contributed by atoms with Crippen molar-refractivity contribution in [3.05, 3.63) is 106 Å². The van der Waals surface area contributed by atoms with Crippen LogP contribution in [0.2, 0.25) is 5.02 Å². The van der Waals surface area contributed by atoms with E-state index in [0.29, 0.717) is 29.5 Å². The Morgan fingerprint density at radius 2 is 1.66 bits per heavy atom. The Bertz CT molecular complexity index is 1640. The number of carbonyl (C=O) groups excluding carboxylic acids is 2. The Kier molecular flexibility index (Phi) is 7.26. The number of hydrogen-bond acceptors (Lipinski definition) is 5. The number of ether oxygens (including phenoxy) is 1. The number of rotatable bonds is 6. The van der Waals surface area contributed by atoms with E-state index in [1.54, 1.807) is 66.7 Å². The lowest BCUT2D eigenvalue weighted by Gasteiger charge is -2.45. The average molecular weight is 591 g/mol. The summed E-state index contributed by atoms with van der Waals surface area (Å²) in [6, 6.07) is 22.4. The molecule has 41 heavy (non-hydrogen) atoms. The quantitative estimate of drug-likeness (QED) is 0.334. The molecule has 212 valence electrons. The van der Waals surface area contributed by atoms with E-state index in [4.69, 9.17) is 16.3 Å². The zero-order valence-electron chi connectivity index (χ0n) is 22.9. The second-order valence-electron chi connectivity index (χ2n) is 10.8. The molecule has 4 atom stereocenters. The van der Waals surface area contributed by atoms with Crippen LogP contribution < -0.4 is 4.90 Å². The van der Waals surface area contributed by atoms with E-state index in [1.165, 1.54) is 9.21 Å². The van der Waals surface area contributed by atoms with Crippen molar-refractivity contribution < 1.29 is 22.7 Å². The smallest absolute Gasteiger partial charge is 0.243 e. The van der Waals surface area contributed by atoms with Crippen LogP contribution in [0.5, 0.6) is 0 Å². The van der Waals surface area contributed by atoms with Crippen molar-refractivity contribution in [2.24, 2.45) is 17.8 Å². The summed E-state index contributed by atoms with van der Waals surface area (Å²) in [5, 5.41) is 0.496. The Balaban J connectivity index is 1.47. The van der Waals surface area contributed by atoms with Crippen molar-refractivity contribution >= 4 is 39.1 Å². The summed E-state index contributed by atoms with van der Waals surface area (Å²) >= 11 is 6.38. The number of hydrogen-bond donors (Lipinski definition) is 0. The van der Waals surface area contributed by atoms with Gasteiger partial charge in [-0.1, -0.05) is 59.6 Å². The number of amides is 2. The zero-order chi connectivity index (χ0) is 28.9. The third-order valence-corrected chi connectivity index (χ3v) is 10.6. The van der Waals surface area contributed by atoms with E-state index in [2.05, 4.69) is 0 Å². The lowest BCUT2D eigenvalue weighted by Crippen LogP contribution is -2.47. The Morgan fingerprint density at radius 1 is 0.927 bits per heavy atom. The molecule has 0 unspecified atom stereocenters. The molecule has 0 radical (unpaired) electrons. The molecule has 3 aromatic carbocycles. The minimum Gasteiger partial charge on any atom is -0.498 e. The summed E-state index contributed by atoms with van der Waals surface area (Å²) in [5.41, 5.74) is 3.02. The highest BCUT2D eigenvalue weighted by Gasteiger charge is 2.58. The number of para-hydroxylation sites is 1. The minimum absolute atomic E-state index is 0.0589. The first-order valence-electron chi connectivity index (χ1n) is 13.8. The number of sulfonamides is 1. The second-order valence-corrected chi connectivity index (χ2v) is 13.2. The maximum atomic E-state index is 14.2. The fraction of sp³-hybridized carbons (Fsp3) is 0.312. The summed E-state index contributed by atoms with van der Waals surface area (Å²) in [4.78, 5) is 29.2. The summed E-state index contributed by atoms with van der Waals surface area (Å²) in [6.45, 7) is 4.21. The van der Waals surface area contributed by atoms with Gasteiger partial charge in [-0.3, -0.25) is 14.5 Å². The van der Waals surface area contributed by atoms with Crippen LogP contribution in [0.3, 0.4) is 0 Å². The molecule has 2 aliphatic heterocycles. The zero-order valence-corrected chi connectivity index (χ0v) is 24.4. The number of fused-ring (bicyclic) bond motifs is 3. The topological polar surface area (TPSA) is 84.0 Å². The highest BCUT2D eigenvalue weighted by Crippen LogP contribution is 2.53. The molecule has 0 aromatic heterocycles. The monoisotopic (exact) mass is 590 g/mol. The van der Waals surface area contributed by atoms with Gasteiger partial charge in [0.05, 0.1) is 40.8 Å². The van der Waals surface area contributed by atoms with E-state index >= 15 is 0 Å². The molecule has 3 aromatic rings. The van der Waals surface area contributed by atoms with Crippen LogP contribution in [0.25, 0.3) is 0 Å². The molecular formula is C32H31ClN2O5S. The summed E-state index contributed by atoms with van der Waals surface area (Å²) in [7, 11) is -3.94. The lowest BCUT2D eigenvalue weighted by molar-refractivity contribution is -0.123. The maximum Gasteiger partial charge on any atom is 0.243 e. The Hall–Kier alpha value is -3.46. The Morgan fingerprint density at radius 3 is 2.34 bits per heavy atom. The number of anilines is 1. The molecule has 1 aliphatic carbocycles. The third-order valence-electron chi connectivity index (χ3n) is 8.47. The number of halogens is 1. The van der Waals surface area contributed by atoms with Gasteiger partial charge in [0.25, 0.3) is 0 Å². The predicted octanol–water partition coefficient (Wildman–Crippen LogP) is 5.90. The van der Waals surface area contributed by atoms with Gasteiger partial charge in [0.1, 0.15) is 0 Å². The van der Waals surface area contributed by atoms with E-state index in [1.807, 2.05) is 26.0 Å². The van der Waals surface area contributed by atoms with Crippen molar-refractivity contribution in [2.75, 3.05) is 18.1 Å². The van der Waals surface area contributed by atoms with Crippen LogP contribution >= 0.6 is 11.6 Å². The lowest BCUT2D eigenvalue weighted by atomic mass is 9.67. The van der Waals surface area contributed by atoms with Crippen molar-refractivity contribution in [1.82, 2.24) is 4.31 Å². The van der Waals surface area contributed by atoms with Crippen molar-refractivity contribution in [1.29, 1.82) is 0 Å². The number of nitrogens with zero attached hydrogens (tertiary/aromatic N) is 2. The van der Waals surface area contributed by atoms with Gasteiger partial charge in [0.15, 0.2) is 0 Å². The number of aryl methyl sites for hydroxylation is 1. The summed E-state index contributed by atoms with van der Waals surface area (Å²) < 4.78 is 36.0. The summed E-state index contributed by atoms with van der Waals surface area (Å²) in [6.07, 6.45) is 0.582. The molecule has 0 spiro atoms. The number of benzene rings is 3. The van der Waals surface area contributed by atoms with Crippen LogP contribution in [0.4, 0.5) is 5.69 Å². The number of imide groups is 1. The fourth-order valence-corrected chi connectivity index (χ4v) is 8.37. The van der Waals surface area contributed by atoms with Crippen LogP contribution in [0.15, 0.2) is 95.1 Å². The normalized spacial score (nSPS) is 24.8. The molecule has 0 saturated carbocycles. The van der Waals surface area contributed by atoms with E-state index < -0.39 is 27.9 Å². The van der Waals surface area contributed by atoms with Gasteiger partial charge in [-0.05, 0) is 73.7 Å². The van der Waals surface area contributed by atoms with Crippen LogP contribution in [0.1, 0.15) is 36.9 Å². The molecule has 0 bridgehead atoms. The average Bonchev–Trinajstić information content (AvgIpc) is 3.22. The van der Waals surface area contributed by atoms with Gasteiger partial charge < -0.3 is 4.74 Å². The highest BCUT2D eigenvalue weighted by atomic mass is 35.5. The van der Waals surface area contributed by atoms with Gasteiger partial charge in [-0.25, -0.2) is 8.42 Å². The first-order chi connectivity index (χ1) is 19.7. The Labute approximate surface area is 245 Å². The SMILES string of the molecule is CCOC1=C2CN(S(=O)(=O)c3ccc(C)cc3)[C@H](c3cccc(Cl)c3)C[C@H]2[C@H]2C(=O)N(c3ccccc3)C(=O)[C@H]2C1. The number of carbonyl (C=O) groups is 2. The van der Waals surface area contributed by atoms with Gasteiger partial charge in [-0.2, -0.15) is 4.31 Å². The van der Waals surface area contributed by atoms with Crippen LogP contribution in [-0.2, 0) is 24.3 Å². The van der Waals surface area contributed by atoms with Gasteiger partial charge in [0.2, 0.25) is 21.8 Å². The molecule has 7 nitrogen and oxygen atoms in total. The second kappa shape index (κ2) is 10.7. The standard InChI is InChI=1S/C32H31ClN2O5S/c1-3-40-29-18-26-30(32(37)35(31(26)36)23-10-5-4-6-11-23)25-17-28(21-8-7-9-22(33)16-21)34(19-27(25)29)41(38,39)24-14-12-20(2)13-15-24/h4-16,25-26,28,30H,3,17-19H2,1-2H3/t25-,26+,28+,30-/m1/s1. The molecule has 0 N–H and O–H groups in total. The maximum absolute atomic E-state index is 14.2. The van der Waals surface area contributed by atoms with Gasteiger partial charge in [0, 0.05) is 18.0 Å². The van der Waals surface area contributed by atoms with Crippen molar-refractivity contribution in [3.63, 3.8) is 0 Å². The molecule has 2 amide bonds. The summed E-state index contributed by atoms with van der Waals surface area (Å²) in [5.74, 6) is -1.41. The fourth-order valence-electron chi connectivity index (χ4n) is 6.57. The van der Waals surface area contributed by atoms with Gasteiger partial charge >= 0.3 is 0 Å². The van der Waals surface area contributed by atoms with E-state index in [-0.39, 0.29) is 35.6 Å². The van der Waals surface area contributed by atoms with Crippen molar-refractivity contribution in [3.8, 4) is 0 Å². The molecule has 9 heteroatoms. The number of piperidine rings is 1. The first-order valence-corrected chi connectivity index (χ1v) is 15.6. The predicted molar refractivity (Wildman–Crippen MR) is 157 cm³/mol. The van der Waals surface area contributed by atoms with Crippen LogP contribution in [0, 0.1) is 24.7 Å². The van der Waals surface area contributed by atoms with E-state index in [9.17, 15) is 18.0 Å². The number of allylic oxidation sites excluding steroid dienone is 1. The largest absolute Gasteiger partial charge is 0.498 e. The molecule has 2 fully saturated rings. The highest BCUT2D eigenvalue weighted by molar-refractivity contribution is 7.89. The van der Waals surface area contributed by atoms with Gasteiger partial charge in [-0.15, -0.1) is 0 Å².